The number of nitrogens with one attached hydrogen (secondary N) is 1. The number of nitro benzene ring substituents is 1. The van der Waals surface area contributed by atoms with E-state index in [0.717, 1.165) is 6.07 Å². The first-order valence-corrected chi connectivity index (χ1v) is 9.29. The van der Waals surface area contributed by atoms with E-state index in [-0.39, 0.29) is 22.1 Å². The zero-order valence-electron chi connectivity index (χ0n) is 13.6. The van der Waals surface area contributed by atoms with Gasteiger partial charge < -0.3 is 9.84 Å². The van der Waals surface area contributed by atoms with Crippen LogP contribution in [0.3, 0.4) is 0 Å². The molecule has 2 aromatic rings. The standard InChI is InChI=1S/C15H14BrN3O6S/c1-9-3-4-11(7-13(9)19(21)22)26(23,24)18-17-8-10-5-12(16)15(20)14(6-10)25-2/h3-8,18,20H,1-2H3/b17-8-. The topological polar surface area (TPSA) is 131 Å². The zero-order valence-corrected chi connectivity index (χ0v) is 16.0. The van der Waals surface area contributed by atoms with Gasteiger partial charge in [-0.3, -0.25) is 10.1 Å². The highest BCUT2D eigenvalue weighted by Gasteiger charge is 2.19. The molecule has 0 spiro atoms. The maximum atomic E-state index is 12.2. The number of rotatable bonds is 6. The molecule has 0 saturated heterocycles. The van der Waals surface area contributed by atoms with Crippen LogP contribution in [0.4, 0.5) is 5.69 Å². The predicted octanol–water partition coefficient (Wildman–Crippen LogP) is 2.69. The van der Waals surface area contributed by atoms with Crippen molar-refractivity contribution in [3.8, 4) is 11.5 Å². The van der Waals surface area contributed by atoms with Gasteiger partial charge in [-0.05, 0) is 46.6 Å². The SMILES string of the molecule is COc1cc(/C=N\NS(=O)(=O)c2ccc(C)c([N+](=O)[O-])c2)cc(Br)c1O. The number of phenols is 1. The highest BCUT2D eigenvalue weighted by atomic mass is 79.9. The van der Waals surface area contributed by atoms with Crippen molar-refractivity contribution >= 4 is 37.9 Å². The van der Waals surface area contributed by atoms with Gasteiger partial charge in [-0.1, -0.05) is 6.07 Å². The van der Waals surface area contributed by atoms with E-state index in [0.29, 0.717) is 15.6 Å². The summed E-state index contributed by atoms with van der Waals surface area (Å²) in [5.74, 6) is 0.0787. The average molecular weight is 444 g/mol. The van der Waals surface area contributed by atoms with E-state index in [1.54, 1.807) is 0 Å². The van der Waals surface area contributed by atoms with Gasteiger partial charge in [0.2, 0.25) is 0 Å². The maximum Gasteiger partial charge on any atom is 0.276 e. The first-order valence-electron chi connectivity index (χ1n) is 7.02. The molecule has 0 heterocycles. The summed E-state index contributed by atoms with van der Waals surface area (Å²) in [6.45, 7) is 1.51. The van der Waals surface area contributed by atoms with Gasteiger partial charge in [0.15, 0.2) is 11.5 Å². The number of hydrazone groups is 1. The van der Waals surface area contributed by atoms with E-state index in [4.69, 9.17) is 4.74 Å². The molecule has 0 bridgehead atoms. The van der Waals surface area contributed by atoms with Gasteiger partial charge in [0, 0.05) is 11.6 Å². The summed E-state index contributed by atoms with van der Waals surface area (Å²) in [4.78, 5) is 12.0. The molecule has 0 saturated carbocycles. The number of ether oxygens (including phenoxy) is 1. The molecular weight excluding hydrogens is 430 g/mol. The Kier molecular flexibility index (Phi) is 5.83. The molecular formula is C15H14BrN3O6S. The number of benzene rings is 2. The van der Waals surface area contributed by atoms with Crippen molar-refractivity contribution in [1.29, 1.82) is 0 Å². The van der Waals surface area contributed by atoms with Gasteiger partial charge in [-0.2, -0.15) is 13.5 Å². The third kappa shape index (κ3) is 4.29. The summed E-state index contributed by atoms with van der Waals surface area (Å²) in [7, 11) is -2.71. The lowest BCUT2D eigenvalue weighted by atomic mass is 10.2. The minimum Gasteiger partial charge on any atom is -0.503 e. The van der Waals surface area contributed by atoms with Crippen LogP contribution in [-0.4, -0.2) is 31.8 Å². The molecule has 0 unspecified atom stereocenters. The molecule has 0 amide bonds. The highest BCUT2D eigenvalue weighted by molar-refractivity contribution is 9.10. The Morgan fingerprint density at radius 3 is 2.65 bits per heavy atom. The van der Waals surface area contributed by atoms with Crippen LogP contribution in [0.25, 0.3) is 0 Å². The van der Waals surface area contributed by atoms with E-state index in [1.807, 2.05) is 4.83 Å². The fourth-order valence-corrected chi connectivity index (χ4v) is 3.27. The third-order valence-electron chi connectivity index (χ3n) is 3.34. The Hall–Kier alpha value is -2.66. The molecule has 26 heavy (non-hydrogen) atoms. The number of nitrogens with zero attached hydrogens (tertiary/aromatic N) is 2. The van der Waals surface area contributed by atoms with E-state index < -0.39 is 14.9 Å². The Balaban J connectivity index is 2.26. The molecule has 138 valence electrons. The molecule has 0 radical (unpaired) electrons. The summed E-state index contributed by atoms with van der Waals surface area (Å²) >= 11 is 3.14. The Labute approximate surface area is 157 Å². The molecule has 0 fully saturated rings. The summed E-state index contributed by atoms with van der Waals surface area (Å²) in [6, 6.07) is 6.52. The first-order chi connectivity index (χ1) is 12.2. The first kappa shape index (κ1) is 19.7. The fraction of sp³-hybridized carbons (Fsp3) is 0.133. The van der Waals surface area contributed by atoms with E-state index in [9.17, 15) is 23.6 Å². The lowest BCUT2D eigenvalue weighted by Crippen LogP contribution is -2.18. The summed E-state index contributed by atoms with van der Waals surface area (Å²) in [5, 5.41) is 24.3. The molecule has 0 aromatic heterocycles. The molecule has 9 nitrogen and oxygen atoms in total. The number of aryl methyl sites for hydroxylation is 1. The van der Waals surface area contributed by atoms with Crippen molar-refractivity contribution in [3.63, 3.8) is 0 Å². The lowest BCUT2D eigenvalue weighted by Gasteiger charge is -2.07. The molecule has 0 atom stereocenters. The quantitative estimate of drug-likeness (QED) is 0.400. The van der Waals surface area contributed by atoms with Crippen molar-refractivity contribution < 1.29 is 23.2 Å². The van der Waals surface area contributed by atoms with Crippen molar-refractivity contribution in [2.24, 2.45) is 5.10 Å². The zero-order chi connectivity index (χ0) is 19.5. The number of phenolic OH excluding ortho intramolecular Hbond substituents is 1. The largest absolute Gasteiger partial charge is 0.503 e. The number of halogens is 1. The second kappa shape index (κ2) is 7.70. The van der Waals surface area contributed by atoms with Gasteiger partial charge in [0.1, 0.15) is 0 Å². The minimum atomic E-state index is -4.08. The minimum absolute atomic E-state index is 0.0998. The Bertz CT molecular complexity index is 991. The smallest absolute Gasteiger partial charge is 0.276 e. The molecule has 0 aliphatic heterocycles. The second-order valence-electron chi connectivity index (χ2n) is 5.11. The lowest BCUT2D eigenvalue weighted by molar-refractivity contribution is -0.385. The van der Waals surface area contributed by atoms with Crippen LogP contribution in [0.5, 0.6) is 11.5 Å². The van der Waals surface area contributed by atoms with Crippen molar-refractivity contribution in [2.75, 3.05) is 7.11 Å². The van der Waals surface area contributed by atoms with Crippen LogP contribution in [0.1, 0.15) is 11.1 Å². The van der Waals surface area contributed by atoms with Gasteiger partial charge in [0.05, 0.1) is 27.6 Å². The predicted molar refractivity (Wildman–Crippen MR) is 98.1 cm³/mol. The number of hydrogen-bond acceptors (Lipinski definition) is 7. The number of aromatic hydroxyl groups is 1. The summed E-state index contributed by atoms with van der Waals surface area (Å²) in [5.41, 5.74) is 0.492. The fourth-order valence-electron chi connectivity index (χ4n) is 2.00. The summed E-state index contributed by atoms with van der Waals surface area (Å²) < 4.78 is 29.8. The summed E-state index contributed by atoms with van der Waals surface area (Å²) in [6.07, 6.45) is 1.20. The van der Waals surface area contributed by atoms with Crippen LogP contribution < -0.4 is 9.57 Å². The van der Waals surface area contributed by atoms with Crippen LogP contribution in [0.2, 0.25) is 0 Å². The normalized spacial score (nSPS) is 11.5. The maximum absolute atomic E-state index is 12.2. The molecule has 11 heteroatoms. The molecule has 0 aliphatic rings. The van der Waals surface area contributed by atoms with Crippen LogP contribution in [0.15, 0.2) is 44.8 Å². The van der Waals surface area contributed by atoms with E-state index in [1.165, 1.54) is 44.5 Å². The number of hydrogen-bond donors (Lipinski definition) is 2. The van der Waals surface area contributed by atoms with Crippen LogP contribution in [-0.2, 0) is 10.0 Å². The Morgan fingerprint density at radius 2 is 2.04 bits per heavy atom. The van der Waals surface area contributed by atoms with Crippen LogP contribution in [0, 0.1) is 17.0 Å². The molecule has 0 aliphatic carbocycles. The van der Waals surface area contributed by atoms with Crippen LogP contribution >= 0.6 is 15.9 Å². The molecule has 2 aromatic carbocycles. The number of nitro groups is 1. The van der Waals surface area contributed by atoms with Gasteiger partial charge >= 0.3 is 0 Å². The Morgan fingerprint density at radius 1 is 1.35 bits per heavy atom. The van der Waals surface area contributed by atoms with E-state index in [2.05, 4.69) is 21.0 Å². The van der Waals surface area contributed by atoms with Crippen molar-refractivity contribution in [3.05, 3.63) is 56.0 Å². The van der Waals surface area contributed by atoms with Gasteiger partial charge in [0.25, 0.3) is 15.7 Å². The van der Waals surface area contributed by atoms with Crippen molar-refractivity contribution in [2.45, 2.75) is 11.8 Å². The monoisotopic (exact) mass is 443 g/mol. The number of sulfonamides is 1. The van der Waals surface area contributed by atoms with Gasteiger partial charge in [-0.25, -0.2) is 4.83 Å². The second-order valence-corrected chi connectivity index (χ2v) is 7.63. The van der Waals surface area contributed by atoms with Crippen molar-refractivity contribution in [1.82, 2.24) is 4.83 Å². The highest BCUT2D eigenvalue weighted by Crippen LogP contribution is 2.34. The molecule has 2 rings (SSSR count). The van der Waals surface area contributed by atoms with E-state index >= 15 is 0 Å². The molecule has 2 N–H and O–H groups in total. The average Bonchev–Trinajstić information content (AvgIpc) is 2.57. The number of methoxy groups -OCH3 is 1. The third-order valence-corrected chi connectivity index (χ3v) is 5.17. The van der Waals surface area contributed by atoms with Gasteiger partial charge in [-0.15, -0.1) is 0 Å².